The largest absolute Gasteiger partial charge is 0.478 e. The highest BCUT2D eigenvalue weighted by molar-refractivity contribution is 6.02. The van der Waals surface area contributed by atoms with E-state index < -0.39 is 11.9 Å². The van der Waals surface area contributed by atoms with Gasteiger partial charge in [-0.25, -0.2) is 9.59 Å². The maximum Gasteiger partial charge on any atom is 0.339 e. The zero-order valence-electron chi connectivity index (χ0n) is 17.9. The van der Waals surface area contributed by atoms with Crippen LogP contribution in [-0.4, -0.2) is 23.7 Å². The zero-order valence-corrected chi connectivity index (χ0v) is 17.9. The van der Waals surface area contributed by atoms with Gasteiger partial charge in [0.2, 0.25) is 0 Å². The summed E-state index contributed by atoms with van der Waals surface area (Å²) >= 11 is 0. The number of carboxylic acids is 1. The van der Waals surface area contributed by atoms with E-state index in [-0.39, 0.29) is 11.1 Å². The third-order valence-corrected chi connectivity index (χ3v) is 5.31. The second-order valence-corrected chi connectivity index (χ2v) is 7.76. The summed E-state index contributed by atoms with van der Waals surface area (Å²) in [7, 11) is 0. The number of esters is 1. The summed E-state index contributed by atoms with van der Waals surface area (Å²) < 4.78 is 5.23. The topological polar surface area (TPSA) is 63.6 Å². The molecular weight excluding hydrogens is 376 g/mol. The third kappa shape index (κ3) is 9.25. The molecule has 0 amide bonds. The molecular formula is C26H34O4. The van der Waals surface area contributed by atoms with Gasteiger partial charge in [0.25, 0.3) is 0 Å². The van der Waals surface area contributed by atoms with Crippen LogP contribution in [0.5, 0.6) is 0 Å². The molecule has 30 heavy (non-hydrogen) atoms. The Kier molecular flexibility index (Phi) is 11.3. The van der Waals surface area contributed by atoms with Gasteiger partial charge in [-0.1, -0.05) is 93.8 Å². The second-order valence-electron chi connectivity index (χ2n) is 7.76. The molecule has 0 atom stereocenters. The van der Waals surface area contributed by atoms with Crippen LogP contribution in [0.1, 0.15) is 90.5 Å². The van der Waals surface area contributed by atoms with Gasteiger partial charge in [-0.3, -0.25) is 0 Å². The van der Waals surface area contributed by atoms with E-state index in [1.807, 2.05) is 0 Å². The number of unbranched alkanes of at least 4 members (excludes halogenated alkanes) is 9. The lowest BCUT2D eigenvalue weighted by Crippen LogP contribution is -2.12. The van der Waals surface area contributed by atoms with E-state index in [0.29, 0.717) is 6.61 Å². The van der Waals surface area contributed by atoms with E-state index in [1.165, 1.54) is 69.1 Å². The first-order chi connectivity index (χ1) is 14.7. The Bertz CT molecular complexity index is 755. The van der Waals surface area contributed by atoms with Crippen LogP contribution in [0.15, 0.2) is 54.6 Å². The van der Waals surface area contributed by atoms with Crippen molar-refractivity contribution < 1.29 is 19.4 Å². The Hall–Kier alpha value is -2.62. The van der Waals surface area contributed by atoms with Crippen molar-refractivity contribution in [3.05, 3.63) is 71.3 Å². The first-order valence-electron chi connectivity index (χ1n) is 11.2. The van der Waals surface area contributed by atoms with Gasteiger partial charge in [-0.2, -0.15) is 0 Å². The van der Waals surface area contributed by atoms with Gasteiger partial charge >= 0.3 is 11.9 Å². The molecule has 0 unspecified atom stereocenters. The van der Waals surface area contributed by atoms with Crippen molar-refractivity contribution in [1.82, 2.24) is 0 Å². The van der Waals surface area contributed by atoms with Crippen molar-refractivity contribution in [2.24, 2.45) is 0 Å². The molecule has 1 N–H and O–H groups in total. The predicted molar refractivity (Wildman–Crippen MR) is 120 cm³/mol. The molecule has 0 saturated carbocycles. The highest BCUT2D eigenvalue weighted by Gasteiger charge is 2.16. The van der Waals surface area contributed by atoms with Gasteiger partial charge in [0.05, 0.1) is 17.7 Å². The normalized spacial score (nSPS) is 10.7. The SMILES string of the molecule is O=C(O)c1ccccc1C(=O)OCCCCCCCCCCCCc1ccccc1. The fraction of sp³-hybridized carbons (Fsp3) is 0.462. The number of aromatic carboxylic acids is 1. The Morgan fingerprint density at radius 1 is 0.633 bits per heavy atom. The fourth-order valence-corrected chi connectivity index (χ4v) is 3.58. The Balaban J connectivity index is 1.41. The molecule has 0 aliphatic carbocycles. The number of hydrogen-bond donors (Lipinski definition) is 1. The molecule has 0 aliphatic heterocycles. The maximum atomic E-state index is 12.0. The Morgan fingerprint density at radius 3 is 1.73 bits per heavy atom. The summed E-state index contributed by atoms with van der Waals surface area (Å²) in [6, 6.07) is 16.9. The lowest BCUT2D eigenvalue weighted by molar-refractivity contribution is 0.0487. The van der Waals surface area contributed by atoms with E-state index in [9.17, 15) is 9.59 Å². The lowest BCUT2D eigenvalue weighted by Gasteiger charge is -2.07. The lowest BCUT2D eigenvalue weighted by atomic mass is 10.0. The molecule has 2 rings (SSSR count). The molecule has 162 valence electrons. The first kappa shape index (κ1) is 23.7. The monoisotopic (exact) mass is 410 g/mol. The minimum atomic E-state index is -1.11. The number of carboxylic acid groups (broad SMARTS) is 1. The summed E-state index contributed by atoms with van der Waals surface area (Å²) in [5, 5.41) is 9.13. The van der Waals surface area contributed by atoms with Crippen LogP contribution in [0.25, 0.3) is 0 Å². The number of rotatable bonds is 15. The molecule has 0 radical (unpaired) electrons. The van der Waals surface area contributed by atoms with Crippen LogP contribution in [0, 0.1) is 0 Å². The molecule has 0 bridgehead atoms. The number of carbonyl (C=O) groups is 2. The summed E-state index contributed by atoms with van der Waals surface area (Å²) in [4.78, 5) is 23.2. The van der Waals surface area contributed by atoms with Gasteiger partial charge in [-0.05, 0) is 37.0 Å². The molecule has 2 aromatic rings. The number of ether oxygens (including phenoxy) is 1. The van der Waals surface area contributed by atoms with Gasteiger partial charge in [0.15, 0.2) is 0 Å². The van der Waals surface area contributed by atoms with E-state index >= 15 is 0 Å². The van der Waals surface area contributed by atoms with E-state index in [1.54, 1.807) is 12.1 Å². The van der Waals surface area contributed by atoms with Crippen LogP contribution in [0.4, 0.5) is 0 Å². The Morgan fingerprint density at radius 2 is 1.13 bits per heavy atom. The average molecular weight is 411 g/mol. The standard InChI is InChI=1S/C26H34O4/c27-25(28)23-19-13-14-20-24(23)26(29)30-21-15-8-6-4-2-1-3-5-7-10-16-22-17-11-9-12-18-22/h9,11-14,17-20H,1-8,10,15-16,21H2,(H,27,28). The fourth-order valence-electron chi connectivity index (χ4n) is 3.58. The highest BCUT2D eigenvalue weighted by Crippen LogP contribution is 2.13. The van der Waals surface area contributed by atoms with Crippen molar-refractivity contribution in [1.29, 1.82) is 0 Å². The summed E-state index contributed by atoms with van der Waals surface area (Å²) in [5.41, 5.74) is 1.55. The summed E-state index contributed by atoms with van der Waals surface area (Å²) in [5.74, 6) is -1.67. The van der Waals surface area contributed by atoms with Crippen LogP contribution in [0.3, 0.4) is 0 Å². The van der Waals surface area contributed by atoms with Crippen LogP contribution in [0.2, 0.25) is 0 Å². The first-order valence-corrected chi connectivity index (χ1v) is 11.2. The second kappa shape index (κ2) is 14.4. The van der Waals surface area contributed by atoms with Gasteiger partial charge < -0.3 is 9.84 Å². The van der Waals surface area contributed by atoms with Crippen LogP contribution >= 0.6 is 0 Å². The smallest absolute Gasteiger partial charge is 0.339 e. The zero-order chi connectivity index (χ0) is 21.4. The molecule has 0 aromatic heterocycles. The van der Waals surface area contributed by atoms with Crippen molar-refractivity contribution in [3.8, 4) is 0 Å². The molecule has 0 saturated heterocycles. The molecule has 4 heteroatoms. The minimum absolute atomic E-state index is 0.0115. The van der Waals surface area contributed by atoms with Crippen molar-refractivity contribution in [2.75, 3.05) is 6.61 Å². The minimum Gasteiger partial charge on any atom is -0.478 e. The molecule has 0 heterocycles. The van der Waals surface area contributed by atoms with Gasteiger partial charge in [-0.15, -0.1) is 0 Å². The van der Waals surface area contributed by atoms with Crippen LogP contribution < -0.4 is 0 Å². The Labute approximate surface area is 180 Å². The summed E-state index contributed by atoms with van der Waals surface area (Å²) in [6.45, 7) is 0.341. The molecule has 0 spiro atoms. The molecule has 4 nitrogen and oxygen atoms in total. The molecule has 0 fully saturated rings. The van der Waals surface area contributed by atoms with Crippen molar-refractivity contribution in [2.45, 2.75) is 70.6 Å². The quantitative estimate of drug-likeness (QED) is 0.262. The van der Waals surface area contributed by atoms with Crippen molar-refractivity contribution >= 4 is 11.9 Å². The highest BCUT2D eigenvalue weighted by atomic mass is 16.5. The van der Waals surface area contributed by atoms with E-state index in [4.69, 9.17) is 9.84 Å². The van der Waals surface area contributed by atoms with E-state index in [0.717, 1.165) is 19.3 Å². The molecule has 2 aromatic carbocycles. The number of hydrogen-bond acceptors (Lipinski definition) is 3. The van der Waals surface area contributed by atoms with Gasteiger partial charge in [0, 0.05) is 0 Å². The van der Waals surface area contributed by atoms with E-state index in [2.05, 4.69) is 30.3 Å². The predicted octanol–water partition coefficient (Wildman–Crippen LogP) is 6.69. The maximum absolute atomic E-state index is 12.0. The average Bonchev–Trinajstić information content (AvgIpc) is 2.77. The number of benzene rings is 2. The van der Waals surface area contributed by atoms with Gasteiger partial charge in [0.1, 0.15) is 0 Å². The number of carbonyl (C=O) groups excluding carboxylic acids is 1. The van der Waals surface area contributed by atoms with Crippen molar-refractivity contribution in [3.63, 3.8) is 0 Å². The molecule has 0 aliphatic rings. The third-order valence-electron chi connectivity index (χ3n) is 5.31. The van der Waals surface area contributed by atoms with Crippen LogP contribution in [-0.2, 0) is 11.2 Å². The number of aryl methyl sites for hydroxylation is 1. The summed E-state index contributed by atoms with van der Waals surface area (Å²) in [6.07, 6.45) is 13.2.